The van der Waals surface area contributed by atoms with Gasteiger partial charge in [0.25, 0.3) is 0 Å². The third kappa shape index (κ3) is 2.89. The molecule has 0 aliphatic rings. The van der Waals surface area contributed by atoms with E-state index in [2.05, 4.69) is 9.97 Å². The second-order valence-corrected chi connectivity index (χ2v) is 6.87. The molecule has 0 fully saturated rings. The van der Waals surface area contributed by atoms with Crippen molar-refractivity contribution in [2.24, 2.45) is 0 Å². The molecule has 0 aliphatic heterocycles. The molecule has 0 saturated heterocycles. The largest absolute Gasteiger partial charge is 0.247 e. The fourth-order valence-corrected chi connectivity index (χ4v) is 3.58. The quantitative estimate of drug-likeness (QED) is 0.743. The van der Waals surface area contributed by atoms with Crippen LogP contribution in [0, 0.1) is 0 Å². The van der Waals surface area contributed by atoms with Crippen molar-refractivity contribution in [3.63, 3.8) is 0 Å². The first-order valence-electron chi connectivity index (χ1n) is 6.25. The Morgan fingerprint density at radius 2 is 1.43 bits per heavy atom. The molecule has 0 atom stereocenters. The van der Waals surface area contributed by atoms with Crippen molar-refractivity contribution < 1.29 is 8.42 Å². The topological polar surface area (TPSA) is 59.9 Å². The van der Waals surface area contributed by atoms with Gasteiger partial charge < -0.3 is 0 Å². The Bertz CT molecular complexity index is 896. The number of benzene rings is 2. The molecule has 2 aromatic carbocycles. The average molecular weight is 319 g/mol. The first kappa shape index (κ1) is 14.0. The van der Waals surface area contributed by atoms with Gasteiger partial charge in [0.2, 0.25) is 0 Å². The summed E-state index contributed by atoms with van der Waals surface area (Å²) in [5, 5.41) is 0.119. The molecule has 0 bridgehead atoms. The van der Waals surface area contributed by atoms with Gasteiger partial charge >= 0.3 is 0 Å². The van der Waals surface area contributed by atoms with E-state index in [1.165, 1.54) is 0 Å². The van der Waals surface area contributed by atoms with E-state index >= 15 is 0 Å². The zero-order valence-electron chi connectivity index (χ0n) is 10.9. The predicted molar refractivity (Wildman–Crippen MR) is 81.9 cm³/mol. The van der Waals surface area contributed by atoms with Crippen LogP contribution in [0.4, 0.5) is 0 Å². The van der Waals surface area contributed by atoms with Crippen molar-refractivity contribution in [1.82, 2.24) is 9.97 Å². The maximum Gasteiger partial charge on any atom is 0.184 e. The van der Waals surface area contributed by atoms with Crippen LogP contribution in [0.5, 0.6) is 0 Å². The predicted octanol–water partition coefficient (Wildman–Crippen LogP) is 3.26. The highest BCUT2D eigenvalue weighted by molar-refractivity contribution is 7.90. The lowest BCUT2D eigenvalue weighted by Gasteiger charge is -2.06. The Hall–Kier alpha value is -1.98. The van der Waals surface area contributed by atoms with Crippen LogP contribution in [0.1, 0.15) is 5.69 Å². The van der Waals surface area contributed by atoms with Gasteiger partial charge in [0.15, 0.2) is 15.0 Å². The fourth-order valence-electron chi connectivity index (χ4n) is 2.00. The Kier molecular flexibility index (Phi) is 3.61. The SMILES string of the molecule is O=S(=O)(Cc1nc2ccccc2nc1Cl)c1ccccc1. The Labute approximate surface area is 127 Å². The maximum atomic E-state index is 12.4. The number of aromatic nitrogens is 2. The second kappa shape index (κ2) is 5.42. The van der Waals surface area contributed by atoms with Gasteiger partial charge in [-0.3, -0.25) is 0 Å². The Balaban J connectivity index is 2.04. The zero-order valence-corrected chi connectivity index (χ0v) is 12.5. The molecule has 21 heavy (non-hydrogen) atoms. The van der Waals surface area contributed by atoms with Gasteiger partial charge in [-0.05, 0) is 24.3 Å². The smallest absolute Gasteiger partial charge is 0.184 e. The van der Waals surface area contributed by atoms with Crippen molar-refractivity contribution in [1.29, 1.82) is 0 Å². The third-order valence-electron chi connectivity index (χ3n) is 3.02. The van der Waals surface area contributed by atoms with E-state index in [4.69, 9.17) is 11.6 Å². The molecular weight excluding hydrogens is 308 g/mol. The van der Waals surface area contributed by atoms with E-state index < -0.39 is 9.84 Å². The van der Waals surface area contributed by atoms with Crippen molar-refractivity contribution in [3.05, 3.63) is 65.4 Å². The molecule has 0 aliphatic carbocycles. The number of sulfone groups is 1. The molecule has 0 unspecified atom stereocenters. The number of para-hydroxylation sites is 2. The van der Waals surface area contributed by atoms with Crippen LogP contribution in [0.2, 0.25) is 5.15 Å². The van der Waals surface area contributed by atoms with Crippen LogP contribution >= 0.6 is 11.6 Å². The highest BCUT2D eigenvalue weighted by Crippen LogP contribution is 2.22. The van der Waals surface area contributed by atoms with Gasteiger partial charge in [-0.1, -0.05) is 41.9 Å². The van der Waals surface area contributed by atoms with Crippen molar-refractivity contribution in [2.75, 3.05) is 0 Å². The number of hydrogen-bond acceptors (Lipinski definition) is 4. The van der Waals surface area contributed by atoms with E-state index in [1.807, 2.05) is 12.1 Å². The van der Waals surface area contributed by atoms with Crippen LogP contribution in [-0.2, 0) is 15.6 Å². The molecule has 0 radical (unpaired) electrons. The van der Waals surface area contributed by atoms with E-state index in [0.29, 0.717) is 11.0 Å². The van der Waals surface area contributed by atoms with Crippen molar-refractivity contribution in [2.45, 2.75) is 10.6 Å². The normalized spacial score (nSPS) is 11.7. The monoisotopic (exact) mass is 318 g/mol. The first-order valence-corrected chi connectivity index (χ1v) is 8.28. The molecule has 0 spiro atoms. The van der Waals surface area contributed by atoms with Crippen LogP contribution in [0.3, 0.4) is 0 Å². The van der Waals surface area contributed by atoms with Gasteiger partial charge in [-0.25, -0.2) is 18.4 Å². The van der Waals surface area contributed by atoms with E-state index in [-0.39, 0.29) is 21.5 Å². The first-order chi connectivity index (χ1) is 10.1. The van der Waals surface area contributed by atoms with Crippen LogP contribution in [0.15, 0.2) is 59.5 Å². The fraction of sp³-hybridized carbons (Fsp3) is 0.0667. The highest BCUT2D eigenvalue weighted by atomic mass is 35.5. The standard InChI is InChI=1S/C15H11ClN2O2S/c16-15-14(17-12-8-4-5-9-13(12)18-15)10-21(19,20)11-6-2-1-3-7-11/h1-9H,10H2. The van der Waals surface area contributed by atoms with Crippen molar-refractivity contribution >= 4 is 32.5 Å². The molecule has 0 N–H and O–H groups in total. The van der Waals surface area contributed by atoms with E-state index in [9.17, 15) is 8.42 Å². The number of rotatable bonds is 3. The number of nitrogens with zero attached hydrogens (tertiary/aromatic N) is 2. The van der Waals surface area contributed by atoms with E-state index in [1.54, 1.807) is 42.5 Å². The summed E-state index contributed by atoms with van der Waals surface area (Å²) in [6, 6.07) is 15.4. The average Bonchev–Trinajstić information content (AvgIpc) is 2.49. The lowest BCUT2D eigenvalue weighted by atomic mass is 10.3. The minimum Gasteiger partial charge on any atom is -0.247 e. The minimum atomic E-state index is -3.49. The van der Waals surface area contributed by atoms with Crippen LogP contribution in [-0.4, -0.2) is 18.4 Å². The molecule has 106 valence electrons. The molecule has 3 rings (SSSR count). The summed E-state index contributed by atoms with van der Waals surface area (Å²) >= 11 is 6.06. The van der Waals surface area contributed by atoms with E-state index in [0.717, 1.165) is 0 Å². The molecule has 0 saturated carbocycles. The molecule has 6 heteroatoms. The minimum absolute atomic E-state index is 0.119. The summed E-state index contributed by atoms with van der Waals surface area (Å²) in [6.07, 6.45) is 0. The second-order valence-electron chi connectivity index (χ2n) is 4.52. The van der Waals surface area contributed by atoms with Crippen LogP contribution < -0.4 is 0 Å². The number of hydrogen-bond donors (Lipinski definition) is 0. The Morgan fingerprint density at radius 1 is 0.857 bits per heavy atom. The zero-order chi connectivity index (χ0) is 14.9. The lowest BCUT2D eigenvalue weighted by molar-refractivity contribution is 0.594. The summed E-state index contributed by atoms with van der Waals surface area (Å²) in [5.41, 5.74) is 1.53. The summed E-state index contributed by atoms with van der Waals surface area (Å²) in [5.74, 6) is -0.270. The van der Waals surface area contributed by atoms with Crippen LogP contribution in [0.25, 0.3) is 11.0 Å². The molecule has 0 amide bonds. The molecule has 1 heterocycles. The van der Waals surface area contributed by atoms with Gasteiger partial charge in [-0.15, -0.1) is 0 Å². The number of fused-ring (bicyclic) bond motifs is 1. The summed E-state index contributed by atoms with van der Waals surface area (Å²) in [7, 11) is -3.49. The van der Waals surface area contributed by atoms with Gasteiger partial charge in [0.1, 0.15) is 5.75 Å². The van der Waals surface area contributed by atoms with Gasteiger partial charge in [-0.2, -0.15) is 0 Å². The maximum absolute atomic E-state index is 12.4. The molecule has 1 aromatic heterocycles. The lowest BCUT2D eigenvalue weighted by Crippen LogP contribution is -2.07. The van der Waals surface area contributed by atoms with Gasteiger partial charge in [0.05, 0.1) is 21.6 Å². The highest BCUT2D eigenvalue weighted by Gasteiger charge is 2.19. The molecule has 3 aromatic rings. The summed E-state index contributed by atoms with van der Waals surface area (Å²) in [6.45, 7) is 0. The Morgan fingerprint density at radius 3 is 2.10 bits per heavy atom. The summed E-state index contributed by atoms with van der Waals surface area (Å²) < 4.78 is 24.7. The third-order valence-corrected chi connectivity index (χ3v) is 4.97. The number of halogens is 1. The van der Waals surface area contributed by atoms with Crippen molar-refractivity contribution in [3.8, 4) is 0 Å². The summed E-state index contributed by atoms with van der Waals surface area (Å²) in [4.78, 5) is 8.75. The van der Waals surface area contributed by atoms with Gasteiger partial charge in [0, 0.05) is 0 Å². The molecule has 4 nitrogen and oxygen atoms in total. The molecular formula is C15H11ClN2O2S.